The quantitative estimate of drug-likeness (QED) is 0.330. The molecule has 1 amide bonds. The lowest BCUT2D eigenvalue weighted by Gasteiger charge is -2.39. The topological polar surface area (TPSA) is 102 Å². The van der Waals surface area contributed by atoms with Crippen LogP contribution in [0.15, 0.2) is 54.6 Å². The van der Waals surface area contributed by atoms with Crippen LogP contribution in [0.25, 0.3) is 0 Å². The summed E-state index contributed by atoms with van der Waals surface area (Å²) < 4.78 is 0. The van der Waals surface area contributed by atoms with Crippen LogP contribution in [0, 0.1) is 0 Å². The molecule has 0 spiro atoms. The predicted octanol–water partition coefficient (Wildman–Crippen LogP) is 1.79. The number of hydrazine groups is 1. The third kappa shape index (κ3) is 5.08. The minimum atomic E-state index is -1.15. The number of aliphatic hydroxyl groups excluding tert-OH is 1. The highest BCUT2D eigenvalue weighted by atomic mass is 16.4. The Balaban J connectivity index is 1.84. The number of nitrogens with two attached hydrogens (primary N) is 1. The normalized spacial score (nSPS) is 18.6. The van der Waals surface area contributed by atoms with Gasteiger partial charge in [-0.05, 0) is 23.1 Å². The van der Waals surface area contributed by atoms with Crippen molar-refractivity contribution in [2.75, 3.05) is 26.2 Å². The molecule has 2 aromatic carbocycles. The number of nitrogens with zero attached hydrogens (tertiary/aromatic N) is 2. The molecular weight excluding hydrogens is 356 g/mol. The van der Waals surface area contributed by atoms with E-state index in [1.165, 1.54) is 5.56 Å². The van der Waals surface area contributed by atoms with Crippen molar-refractivity contribution < 1.29 is 15.0 Å². The van der Waals surface area contributed by atoms with E-state index in [4.69, 9.17) is 10.9 Å². The molecular formula is C21H28N4O3. The van der Waals surface area contributed by atoms with Crippen LogP contribution in [-0.4, -0.2) is 58.5 Å². The number of rotatable bonds is 7. The minimum absolute atomic E-state index is 0.104. The van der Waals surface area contributed by atoms with Gasteiger partial charge in [0.1, 0.15) is 0 Å². The molecule has 1 heterocycles. The van der Waals surface area contributed by atoms with Gasteiger partial charge < -0.3 is 15.5 Å². The van der Waals surface area contributed by atoms with E-state index >= 15 is 0 Å². The molecule has 2 unspecified atom stereocenters. The first-order valence-corrected chi connectivity index (χ1v) is 9.55. The first-order chi connectivity index (χ1) is 13.6. The van der Waals surface area contributed by atoms with Gasteiger partial charge in [0.15, 0.2) is 0 Å². The Morgan fingerprint density at radius 3 is 2.50 bits per heavy atom. The summed E-state index contributed by atoms with van der Waals surface area (Å²) in [6.45, 7) is 2.98. The fourth-order valence-electron chi connectivity index (χ4n) is 3.75. The molecule has 0 aliphatic carbocycles. The number of amides is 1. The first kappa shape index (κ1) is 20.3. The van der Waals surface area contributed by atoms with E-state index in [-0.39, 0.29) is 25.2 Å². The van der Waals surface area contributed by atoms with E-state index in [0.29, 0.717) is 0 Å². The average Bonchev–Trinajstić information content (AvgIpc) is 2.71. The maximum Gasteiger partial charge on any atom is 0.421 e. The molecule has 28 heavy (non-hydrogen) atoms. The second-order valence-electron chi connectivity index (χ2n) is 7.12. The van der Waals surface area contributed by atoms with Crippen molar-refractivity contribution in [1.82, 2.24) is 15.2 Å². The van der Waals surface area contributed by atoms with E-state index in [0.717, 1.165) is 42.2 Å². The zero-order chi connectivity index (χ0) is 19.9. The van der Waals surface area contributed by atoms with Crippen molar-refractivity contribution in [2.45, 2.75) is 25.0 Å². The molecule has 5 N–H and O–H groups in total. The molecule has 3 rings (SSSR count). The number of carbonyl (C=O) groups is 1. The van der Waals surface area contributed by atoms with Gasteiger partial charge in [0.2, 0.25) is 0 Å². The molecule has 7 nitrogen and oxygen atoms in total. The summed E-state index contributed by atoms with van der Waals surface area (Å²) in [7, 11) is 0. The van der Waals surface area contributed by atoms with E-state index in [1.807, 2.05) is 42.5 Å². The van der Waals surface area contributed by atoms with E-state index in [9.17, 15) is 9.90 Å². The lowest BCUT2D eigenvalue weighted by molar-refractivity contribution is 0.143. The van der Waals surface area contributed by atoms with E-state index in [2.05, 4.69) is 22.3 Å². The fraction of sp³-hybridized carbons (Fsp3) is 0.381. The molecule has 1 aliphatic rings. The molecule has 1 fully saturated rings. The van der Waals surface area contributed by atoms with Gasteiger partial charge >= 0.3 is 6.09 Å². The van der Waals surface area contributed by atoms with E-state index in [1.54, 1.807) is 0 Å². The van der Waals surface area contributed by atoms with Crippen LogP contribution >= 0.6 is 0 Å². The van der Waals surface area contributed by atoms with Crippen molar-refractivity contribution in [3.05, 3.63) is 71.3 Å². The molecule has 2 atom stereocenters. The standard InChI is InChI=1S/C21H28N4O3/c22-25(21(27)28)14-16-6-8-18(9-7-16)20(17-4-2-1-3-5-17)24-12-11-23-19(15-24)10-13-26/h1-9,19-20,23,26H,10-15,22H2,(H,27,28). The van der Waals surface area contributed by atoms with Gasteiger partial charge in [-0.25, -0.2) is 15.6 Å². The lowest BCUT2D eigenvalue weighted by atomic mass is 9.94. The maximum atomic E-state index is 10.9. The SMILES string of the molecule is NN(Cc1ccc(C(c2ccccc2)N2CCNC(CCO)C2)cc1)C(=O)O. The number of hydrogen-bond donors (Lipinski definition) is 4. The second-order valence-corrected chi connectivity index (χ2v) is 7.12. The van der Waals surface area contributed by atoms with E-state index < -0.39 is 6.09 Å². The summed E-state index contributed by atoms with van der Waals surface area (Å²) >= 11 is 0. The smallest absolute Gasteiger partial charge is 0.421 e. The van der Waals surface area contributed by atoms with Crippen molar-refractivity contribution >= 4 is 6.09 Å². The molecule has 2 aromatic rings. The highest BCUT2D eigenvalue weighted by Gasteiger charge is 2.27. The molecule has 0 saturated carbocycles. The van der Waals surface area contributed by atoms with Crippen molar-refractivity contribution in [1.29, 1.82) is 0 Å². The molecule has 0 radical (unpaired) electrons. The number of hydrogen-bond acceptors (Lipinski definition) is 5. The van der Waals surface area contributed by atoms with Crippen molar-refractivity contribution in [3.8, 4) is 0 Å². The minimum Gasteiger partial charge on any atom is -0.464 e. The number of benzene rings is 2. The third-order valence-electron chi connectivity index (χ3n) is 5.14. The average molecular weight is 384 g/mol. The summed E-state index contributed by atoms with van der Waals surface area (Å²) in [4.78, 5) is 13.4. The van der Waals surface area contributed by atoms with Gasteiger partial charge in [-0.3, -0.25) is 4.90 Å². The molecule has 1 saturated heterocycles. The summed E-state index contributed by atoms with van der Waals surface area (Å²) in [5, 5.41) is 22.5. The fourth-order valence-corrected chi connectivity index (χ4v) is 3.75. The summed E-state index contributed by atoms with van der Waals surface area (Å²) in [6.07, 6.45) is -0.416. The summed E-state index contributed by atoms with van der Waals surface area (Å²) in [5.41, 5.74) is 3.21. The first-order valence-electron chi connectivity index (χ1n) is 9.55. The van der Waals surface area contributed by atoms with Crippen LogP contribution in [0.1, 0.15) is 29.2 Å². The Bertz CT molecular complexity index is 752. The maximum absolute atomic E-state index is 10.9. The Kier molecular flexibility index (Phi) is 7.00. The lowest BCUT2D eigenvalue weighted by Crippen LogP contribution is -2.52. The molecule has 1 aliphatic heterocycles. The molecule has 7 heteroatoms. The van der Waals surface area contributed by atoms with Crippen molar-refractivity contribution in [2.24, 2.45) is 5.84 Å². The van der Waals surface area contributed by atoms with Gasteiger partial charge in [-0.1, -0.05) is 54.6 Å². The van der Waals surface area contributed by atoms with Crippen LogP contribution in [0.3, 0.4) is 0 Å². The van der Waals surface area contributed by atoms with Crippen molar-refractivity contribution in [3.63, 3.8) is 0 Å². The molecule has 0 bridgehead atoms. The number of nitrogens with one attached hydrogen (secondary N) is 1. The number of piperazine rings is 1. The van der Waals surface area contributed by atoms with Crippen LogP contribution in [-0.2, 0) is 6.54 Å². The molecule has 150 valence electrons. The van der Waals surface area contributed by atoms with Crippen LogP contribution in [0.5, 0.6) is 0 Å². The van der Waals surface area contributed by atoms with Gasteiger partial charge in [0.25, 0.3) is 0 Å². The second kappa shape index (κ2) is 9.66. The molecule has 0 aromatic heterocycles. The van der Waals surface area contributed by atoms with Crippen LogP contribution in [0.4, 0.5) is 4.79 Å². The monoisotopic (exact) mass is 384 g/mol. The summed E-state index contributed by atoms with van der Waals surface area (Å²) in [6, 6.07) is 18.7. The van der Waals surface area contributed by atoms with Gasteiger partial charge in [0, 0.05) is 32.3 Å². The highest BCUT2D eigenvalue weighted by Crippen LogP contribution is 2.30. The predicted molar refractivity (Wildman–Crippen MR) is 108 cm³/mol. The zero-order valence-electron chi connectivity index (χ0n) is 15.9. The Hall–Kier alpha value is -2.45. The Labute approximate surface area is 165 Å². The Morgan fingerprint density at radius 2 is 1.86 bits per heavy atom. The third-order valence-corrected chi connectivity index (χ3v) is 5.14. The number of aliphatic hydroxyl groups is 1. The zero-order valence-corrected chi connectivity index (χ0v) is 15.9. The Morgan fingerprint density at radius 1 is 1.18 bits per heavy atom. The van der Waals surface area contributed by atoms with Gasteiger partial charge in [-0.2, -0.15) is 0 Å². The van der Waals surface area contributed by atoms with Gasteiger partial charge in [0.05, 0.1) is 12.6 Å². The number of carboxylic acid groups (broad SMARTS) is 1. The summed E-state index contributed by atoms with van der Waals surface area (Å²) in [5.74, 6) is 5.50. The largest absolute Gasteiger partial charge is 0.464 e. The van der Waals surface area contributed by atoms with Gasteiger partial charge in [-0.15, -0.1) is 0 Å². The van der Waals surface area contributed by atoms with Crippen LogP contribution < -0.4 is 11.2 Å². The van der Waals surface area contributed by atoms with Crippen LogP contribution in [0.2, 0.25) is 0 Å². The highest BCUT2D eigenvalue weighted by molar-refractivity contribution is 5.64.